The van der Waals surface area contributed by atoms with Crippen molar-refractivity contribution < 1.29 is 14.3 Å². The van der Waals surface area contributed by atoms with Gasteiger partial charge in [0.1, 0.15) is 11.5 Å². The number of carbonyl (C=O) groups excluding carboxylic acids is 1. The van der Waals surface area contributed by atoms with Gasteiger partial charge in [-0.25, -0.2) is 4.68 Å². The number of hydrogen-bond donors (Lipinski definition) is 0. The minimum atomic E-state index is -0.150. The fraction of sp³-hybridized carbons (Fsp3) is 0.261. The van der Waals surface area contributed by atoms with Crippen molar-refractivity contribution in [3.05, 3.63) is 58.2 Å². The molecule has 4 rings (SSSR count). The first kappa shape index (κ1) is 20.9. The van der Waals surface area contributed by atoms with E-state index in [1.54, 1.807) is 30.8 Å². The number of aromatic nitrogens is 1. The largest absolute Gasteiger partial charge is 0.497 e. The highest BCUT2D eigenvalue weighted by atomic mass is 32.1. The Morgan fingerprint density at radius 2 is 1.81 bits per heavy atom. The molecule has 0 bridgehead atoms. The van der Waals surface area contributed by atoms with E-state index in [0.29, 0.717) is 22.0 Å². The van der Waals surface area contributed by atoms with Crippen LogP contribution in [0.3, 0.4) is 0 Å². The van der Waals surface area contributed by atoms with Crippen molar-refractivity contribution in [2.24, 2.45) is 10.1 Å². The molecule has 0 saturated carbocycles. The summed E-state index contributed by atoms with van der Waals surface area (Å²) in [5, 5.41) is 6.79. The van der Waals surface area contributed by atoms with Gasteiger partial charge in [0.2, 0.25) is 4.80 Å². The lowest BCUT2D eigenvalue weighted by Gasteiger charge is -2.11. The number of carbonyl (C=O) groups is 1. The van der Waals surface area contributed by atoms with Crippen LogP contribution in [-0.2, 0) is 4.79 Å². The molecule has 0 atom stereocenters. The first-order valence-corrected chi connectivity index (χ1v) is 10.8. The van der Waals surface area contributed by atoms with Gasteiger partial charge in [-0.1, -0.05) is 18.2 Å². The van der Waals surface area contributed by atoms with Gasteiger partial charge in [-0.15, -0.1) is 11.3 Å². The molecule has 0 saturated heterocycles. The minimum absolute atomic E-state index is 0.0740. The van der Waals surface area contributed by atoms with E-state index in [1.807, 2.05) is 61.7 Å². The second-order valence-electron chi connectivity index (χ2n) is 7.33. The van der Waals surface area contributed by atoms with Crippen LogP contribution in [0.15, 0.2) is 57.9 Å². The maximum absolute atomic E-state index is 13.0. The molecule has 160 valence electrons. The molecule has 1 aliphatic heterocycles. The molecule has 0 N–H and O–H groups in total. The van der Waals surface area contributed by atoms with E-state index in [1.165, 1.54) is 11.3 Å². The van der Waals surface area contributed by atoms with Crippen LogP contribution in [0.25, 0.3) is 11.3 Å². The summed E-state index contributed by atoms with van der Waals surface area (Å²) >= 11 is 1.47. The Labute approximate surface area is 184 Å². The molecular formula is C23H24N4O3S. The molecule has 0 fully saturated rings. The van der Waals surface area contributed by atoms with Crippen LogP contribution < -0.4 is 19.2 Å². The van der Waals surface area contributed by atoms with Gasteiger partial charge in [-0.2, -0.15) is 5.10 Å². The van der Waals surface area contributed by atoms with Crippen LogP contribution in [0.1, 0.15) is 19.4 Å². The Morgan fingerprint density at radius 3 is 2.52 bits per heavy atom. The monoisotopic (exact) mass is 436 g/mol. The number of methoxy groups -OCH3 is 2. The van der Waals surface area contributed by atoms with Gasteiger partial charge in [-0.3, -0.25) is 9.79 Å². The van der Waals surface area contributed by atoms with E-state index < -0.39 is 0 Å². The number of nitrogens with zero attached hydrogens (tertiary/aromatic N) is 4. The van der Waals surface area contributed by atoms with Crippen LogP contribution in [0, 0.1) is 0 Å². The molecule has 0 radical (unpaired) electrons. The Morgan fingerprint density at radius 1 is 1.03 bits per heavy atom. The first-order valence-electron chi connectivity index (χ1n) is 9.87. The van der Waals surface area contributed by atoms with Crippen molar-refractivity contribution in [2.45, 2.75) is 19.9 Å². The topological polar surface area (TPSA) is 68.4 Å². The van der Waals surface area contributed by atoms with Crippen molar-refractivity contribution >= 4 is 28.6 Å². The molecule has 0 spiro atoms. The molecule has 1 amide bonds. The van der Waals surface area contributed by atoms with Crippen molar-refractivity contribution in [3.63, 3.8) is 0 Å². The van der Waals surface area contributed by atoms with E-state index in [9.17, 15) is 4.79 Å². The molecule has 8 heteroatoms. The van der Waals surface area contributed by atoms with E-state index in [-0.39, 0.29) is 11.9 Å². The smallest absolute Gasteiger partial charge is 0.279 e. The summed E-state index contributed by atoms with van der Waals surface area (Å²) in [4.78, 5) is 20.0. The zero-order chi connectivity index (χ0) is 22.1. The van der Waals surface area contributed by atoms with E-state index in [2.05, 4.69) is 0 Å². The summed E-state index contributed by atoms with van der Waals surface area (Å²) in [6.45, 7) is 4.02. The zero-order valence-corrected chi connectivity index (χ0v) is 18.9. The maximum Gasteiger partial charge on any atom is 0.279 e. The van der Waals surface area contributed by atoms with Crippen LogP contribution >= 0.6 is 11.3 Å². The van der Waals surface area contributed by atoms with Crippen molar-refractivity contribution in [1.82, 2.24) is 4.68 Å². The van der Waals surface area contributed by atoms with Crippen molar-refractivity contribution in [3.8, 4) is 22.8 Å². The summed E-state index contributed by atoms with van der Waals surface area (Å²) in [6, 6.07) is 13.3. The number of thiazole rings is 1. The second kappa shape index (κ2) is 8.39. The fourth-order valence-corrected chi connectivity index (χ4v) is 4.40. The van der Waals surface area contributed by atoms with Crippen molar-refractivity contribution in [1.29, 1.82) is 0 Å². The van der Waals surface area contributed by atoms with Crippen LogP contribution in [0.4, 0.5) is 5.69 Å². The van der Waals surface area contributed by atoms with E-state index >= 15 is 0 Å². The first-order chi connectivity index (χ1) is 14.9. The normalized spacial score (nSPS) is 15.2. The quantitative estimate of drug-likeness (QED) is 0.611. The van der Waals surface area contributed by atoms with Crippen LogP contribution in [0.2, 0.25) is 0 Å². The van der Waals surface area contributed by atoms with Gasteiger partial charge < -0.3 is 14.4 Å². The summed E-state index contributed by atoms with van der Waals surface area (Å²) in [5.41, 5.74) is 3.65. The minimum Gasteiger partial charge on any atom is -0.497 e. The standard InChI is InChI=1S/C23H24N4O3S/c1-14(2)24-23-27(25-21-17-8-6-7-9-18(17)26(3)22(21)28)19(13-31-23)16-11-10-15(29-4)12-20(16)30-5/h6-14H,1-5H3. The molecular weight excluding hydrogens is 412 g/mol. The molecule has 7 nitrogen and oxygen atoms in total. The number of rotatable bonds is 5. The lowest BCUT2D eigenvalue weighted by atomic mass is 10.1. The van der Waals surface area contributed by atoms with Gasteiger partial charge in [0.15, 0.2) is 5.71 Å². The Hall–Kier alpha value is -3.39. The Kier molecular flexibility index (Phi) is 5.65. The molecule has 0 aliphatic carbocycles. The summed E-state index contributed by atoms with van der Waals surface area (Å²) < 4.78 is 12.7. The number of hydrogen-bond acceptors (Lipinski definition) is 6. The fourth-order valence-electron chi connectivity index (χ4n) is 3.45. The lowest BCUT2D eigenvalue weighted by molar-refractivity contribution is -0.112. The van der Waals surface area contributed by atoms with Gasteiger partial charge in [-0.05, 0) is 32.0 Å². The SMILES string of the molecule is COc1ccc(-c2csc(=NC(C)C)n2N=C2C(=O)N(C)c3ccccc32)c(OC)c1. The number of likely N-dealkylation sites (N-methyl/N-ethyl adjacent to an activating group) is 1. The molecule has 1 aliphatic rings. The number of para-hydroxylation sites is 1. The number of ether oxygens (including phenoxy) is 2. The Bertz CT molecular complexity index is 1240. The van der Waals surface area contributed by atoms with Crippen LogP contribution in [0.5, 0.6) is 11.5 Å². The van der Waals surface area contributed by atoms with Crippen LogP contribution in [-0.4, -0.2) is 43.6 Å². The second-order valence-corrected chi connectivity index (χ2v) is 8.17. The molecule has 2 heterocycles. The predicted molar refractivity (Wildman–Crippen MR) is 123 cm³/mol. The Balaban J connectivity index is 1.96. The highest BCUT2D eigenvalue weighted by Crippen LogP contribution is 2.34. The highest BCUT2D eigenvalue weighted by Gasteiger charge is 2.31. The lowest BCUT2D eigenvalue weighted by Crippen LogP contribution is -2.27. The average Bonchev–Trinajstić information content (AvgIpc) is 3.27. The third-order valence-corrected chi connectivity index (χ3v) is 5.80. The molecule has 1 aromatic heterocycles. The number of amides is 1. The van der Waals surface area contributed by atoms with Gasteiger partial charge in [0.05, 0.1) is 25.6 Å². The molecule has 2 aromatic carbocycles. The van der Waals surface area contributed by atoms with Crippen molar-refractivity contribution in [2.75, 3.05) is 26.2 Å². The third kappa shape index (κ3) is 3.74. The predicted octanol–water partition coefficient (Wildman–Crippen LogP) is 3.77. The number of fused-ring (bicyclic) bond motifs is 1. The molecule has 0 unspecified atom stereocenters. The summed E-state index contributed by atoms with van der Waals surface area (Å²) in [5.74, 6) is 1.20. The number of benzene rings is 2. The van der Waals surface area contributed by atoms with E-state index in [0.717, 1.165) is 22.5 Å². The molecule has 3 aromatic rings. The maximum atomic E-state index is 13.0. The van der Waals surface area contributed by atoms with E-state index in [4.69, 9.17) is 19.6 Å². The molecule has 31 heavy (non-hydrogen) atoms. The highest BCUT2D eigenvalue weighted by molar-refractivity contribution is 7.07. The third-order valence-electron chi connectivity index (χ3n) is 4.97. The van der Waals surface area contributed by atoms with Gasteiger partial charge in [0.25, 0.3) is 5.91 Å². The number of anilines is 1. The zero-order valence-electron chi connectivity index (χ0n) is 18.1. The average molecular weight is 437 g/mol. The summed E-state index contributed by atoms with van der Waals surface area (Å²) in [7, 11) is 4.99. The van der Waals surface area contributed by atoms with Gasteiger partial charge >= 0.3 is 0 Å². The summed E-state index contributed by atoms with van der Waals surface area (Å²) in [6.07, 6.45) is 0. The van der Waals surface area contributed by atoms with Gasteiger partial charge in [0, 0.05) is 35.7 Å².